The Hall–Kier alpha value is -2.28. The number of hydrogen-bond acceptors (Lipinski definition) is 5. The van der Waals surface area contributed by atoms with Crippen LogP contribution in [0.15, 0.2) is 18.2 Å². The van der Waals surface area contributed by atoms with Crippen molar-refractivity contribution < 1.29 is 9.53 Å². The fourth-order valence-corrected chi connectivity index (χ4v) is 1.45. The third-order valence-corrected chi connectivity index (χ3v) is 2.90. The van der Waals surface area contributed by atoms with Gasteiger partial charge in [-0.15, -0.1) is 5.10 Å². The van der Waals surface area contributed by atoms with Gasteiger partial charge in [0.2, 0.25) is 5.95 Å². The number of nitrogens with one attached hydrogen (secondary N) is 2. The summed E-state index contributed by atoms with van der Waals surface area (Å²) in [5.74, 6) is 0.375. The largest absolute Gasteiger partial charge is 0.369 e. The summed E-state index contributed by atoms with van der Waals surface area (Å²) < 4.78 is 5.09. The molecule has 0 radical (unpaired) electrons. The molecule has 106 valence electrons. The van der Waals surface area contributed by atoms with Crippen LogP contribution in [0.1, 0.15) is 19.5 Å². The molecule has 2 aromatic heterocycles. The molecule has 7 heteroatoms. The molecule has 7 nitrogen and oxygen atoms in total. The van der Waals surface area contributed by atoms with Crippen LogP contribution in [0.2, 0.25) is 0 Å². The molecule has 2 heterocycles. The molecule has 0 aliphatic heterocycles. The van der Waals surface area contributed by atoms with Crippen LogP contribution in [0.4, 0.5) is 5.95 Å². The number of aromatic nitrogens is 4. The van der Waals surface area contributed by atoms with Crippen molar-refractivity contribution in [2.24, 2.45) is 0 Å². The topological polar surface area (TPSA) is 92.8 Å². The molecule has 0 saturated carbocycles. The van der Waals surface area contributed by atoms with Gasteiger partial charge in [0.15, 0.2) is 5.82 Å². The van der Waals surface area contributed by atoms with Gasteiger partial charge in [-0.1, -0.05) is 6.07 Å². The van der Waals surface area contributed by atoms with E-state index in [4.69, 9.17) is 4.74 Å². The Balaban J connectivity index is 2.16. The number of pyridine rings is 1. The van der Waals surface area contributed by atoms with Gasteiger partial charge in [-0.25, -0.2) is 4.98 Å². The zero-order valence-corrected chi connectivity index (χ0v) is 11.9. The normalized spacial score (nSPS) is 11.4. The van der Waals surface area contributed by atoms with Gasteiger partial charge in [0.1, 0.15) is 11.3 Å². The van der Waals surface area contributed by atoms with Gasteiger partial charge in [-0.05, 0) is 32.9 Å². The van der Waals surface area contributed by atoms with E-state index in [1.54, 1.807) is 13.8 Å². The van der Waals surface area contributed by atoms with Crippen LogP contribution in [0.5, 0.6) is 0 Å². The van der Waals surface area contributed by atoms with Gasteiger partial charge >= 0.3 is 0 Å². The summed E-state index contributed by atoms with van der Waals surface area (Å²) in [4.78, 5) is 20.4. The number of carbonyl (C=O) groups excluding carboxylic acids is 1. The number of hydrogen-bond donors (Lipinski definition) is 2. The molecule has 0 saturated heterocycles. The van der Waals surface area contributed by atoms with Crippen molar-refractivity contribution in [1.82, 2.24) is 20.2 Å². The number of amides is 1. The maximum atomic E-state index is 11.9. The van der Waals surface area contributed by atoms with Crippen molar-refractivity contribution in [3.63, 3.8) is 0 Å². The number of carbonyl (C=O) groups is 1. The maximum absolute atomic E-state index is 11.9. The summed E-state index contributed by atoms with van der Waals surface area (Å²) >= 11 is 0. The monoisotopic (exact) mass is 275 g/mol. The highest BCUT2D eigenvalue weighted by Crippen LogP contribution is 2.15. The first-order chi connectivity index (χ1) is 9.42. The Morgan fingerprint density at radius 3 is 2.75 bits per heavy atom. The summed E-state index contributed by atoms with van der Waals surface area (Å²) in [5.41, 5.74) is 0.608. The van der Waals surface area contributed by atoms with E-state index in [0.717, 1.165) is 5.69 Å². The van der Waals surface area contributed by atoms with Gasteiger partial charge in [-0.2, -0.15) is 4.98 Å². The predicted octanol–water partition coefficient (Wildman–Crippen LogP) is 1.54. The van der Waals surface area contributed by atoms with Gasteiger partial charge < -0.3 is 4.74 Å². The van der Waals surface area contributed by atoms with E-state index >= 15 is 0 Å². The van der Waals surface area contributed by atoms with E-state index in [1.165, 1.54) is 7.11 Å². The lowest BCUT2D eigenvalue weighted by atomic mass is 10.1. The zero-order valence-electron chi connectivity index (χ0n) is 11.9. The van der Waals surface area contributed by atoms with E-state index in [1.807, 2.05) is 25.1 Å². The first kappa shape index (κ1) is 14.1. The second-order valence-corrected chi connectivity index (χ2v) is 4.84. The zero-order chi connectivity index (χ0) is 14.8. The third-order valence-electron chi connectivity index (χ3n) is 2.90. The Bertz CT molecular complexity index is 621. The van der Waals surface area contributed by atoms with E-state index in [-0.39, 0.29) is 11.9 Å². The second-order valence-electron chi connectivity index (χ2n) is 4.84. The van der Waals surface area contributed by atoms with Crippen molar-refractivity contribution in [3.8, 4) is 11.5 Å². The van der Waals surface area contributed by atoms with Gasteiger partial charge in [0.05, 0.1) is 0 Å². The fraction of sp³-hybridized carbons (Fsp3) is 0.385. The second kappa shape index (κ2) is 5.38. The number of anilines is 1. The van der Waals surface area contributed by atoms with Crippen LogP contribution in [-0.2, 0) is 9.53 Å². The molecule has 2 N–H and O–H groups in total. The summed E-state index contributed by atoms with van der Waals surface area (Å²) in [6.07, 6.45) is 0. The standard InChI is InChI=1S/C13H17N5O2/c1-8-6-5-7-9(14-8)10-15-12(18-17-10)16-11(19)13(2,3)20-4/h5-7H,1-4H3,(H2,15,16,17,18,19). The number of H-pyrrole nitrogens is 1. The molecule has 1 amide bonds. The number of aromatic amines is 1. The molecule has 0 aliphatic carbocycles. The van der Waals surface area contributed by atoms with Crippen LogP contribution >= 0.6 is 0 Å². The minimum absolute atomic E-state index is 0.193. The van der Waals surface area contributed by atoms with E-state index in [9.17, 15) is 4.79 Å². The van der Waals surface area contributed by atoms with Gasteiger partial charge in [0, 0.05) is 12.8 Å². The van der Waals surface area contributed by atoms with Crippen LogP contribution in [0, 0.1) is 6.92 Å². The molecule has 20 heavy (non-hydrogen) atoms. The Morgan fingerprint density at radius 1 is 1.35 bits per heavy atom. The van der Waals surface area contributed by atoms with E-state index in [2.05, 4.69) is 25.5 Å². The van der Waals surface area contributed by atoms with Crippen molar-refractivity contribution in [2.75, 3.05) is 12.4 Å². The average molecular weight is 275 g/mol. The Morgan fingerprint density at radius 2 is 2.10 bits per heavy atom. The number of nitrogens with zero attached hydrogens (tertiary/aromatic N) is 3. The highest BCUT2D eigenvalue weighted by Gasteiger charge is 2.28. The molecule has 0 atom stereocenters. The average Bonchev–Trinajstić information content (AvgIpc) is 2.87. The van der Waals surface area contributed by atoms with E-state index < -0.39 is 5.60 Å². The van der Waals surface area contributed by atoms with Crippen molar-refractivity contribution >= 4 is 11.9 Å². The molecule has 0 unspecified atom stereocenters. The smallest absolute Gasteiger partial charge is 0.258 e. The molecule has 2 rings (SSSR count). The lowest BCUT2D eigenvalue weighted by Crippen LogP contribution is -2.39. The molecule has 0 spiro atoms. The molecule has 0 aliphatic rings. The van der Waals surface area contributed by atoms with Crippen LogP contribution in [0.25, 0.3) is 11.5 Å². The summed E-state index contributed by atoms with van der Waals surface area (Å²) in [7, 11) is 1.47. The van der Waals surface area contributed by atoms with Crippen LogP contribution < -0.4 is 5.32 Å². The third kappa shape index (κ3) is 3.00. The molecular formula is C13H17N5O2. The number of aryl methyl sites for hydroxylation is 1. The summed E-state index contributed by atoms with van der Waals surface area (Å²) in [5, 5.41) is 9.28. The highest BCUT2D eigenvalue weighted by molar-refractivity contribution is 5.95. The molecule has 0 aromatic carbocycles. The lowest BCUT2D eigenvalue weighted by molar-refractivity contribution is -0.133. The molecule has 0 fully saturated rings. The van der Waals surface area contributed by atoms with Crippen LogP contribution in [0.3, 0.4) is 0 Å². The SMILES string of the molecule is COC(C)(C)C(=O)Nc1n[nH]c(-c2cccc(C)n2)n1. The van der Waals surface area contributed by atoms with Crippen LogP contribution in [-0.4, -0.2) is 38.8 Å². The summed E-state index contributed by atoms with van der Waals surface area (Å²) in [6, 6.07) is 5.59. The van der Waals surface area contributed by atoms with Crippen molar-refractivity contribution in [2.45, 2.75) is 26.4 Å². The quantitative estimate of drug-likeness (QED) is 0.882. The van der Waals surface area contributed by atoms with Gasteiger partial charge in [-0.3, -0.25) is 15.2 Å². The number of rotatable bonds is 4. The molecular weight excluding hydrogens is 258 g/mol. The number of ether oxygens (including phenoxy) is 1. The van der Waals surface area contributed by atoms with Crippen molar-refractivity contribution in [1.29, 1.82) is 0 Å². The maximum Gasteiger partial charge on any atom is 0.258 e. The fourth-order valence-electron chi connectivity index (χ4n) is 1.45. The predicted molar refractivity (Wildman–Crippen MR) is 74.1 cm³/mol. The highest BCUT2D eigenvalue weighted by atomic mass is 16.5. The van der Waals surface area contributed by atoms with Gasteiger partial charge in [0.25, 0.3) is 5.91 Å². The Kier molecular flexibility index (Phi) is 3.80. The molecule has 0 bridgehead atoms. The number of methoxy groups -OCH3 is 1. The first-order valence-corrected chi connectivity index (χ1v) is 6.15. The summed E-state index contributed by atoms with van der Waals surface area (Å²) in [6.45, 7) is 5.22. The Labute approximate surface area is 116 Å². The minimum Gasteiger partial charge on any atom is -0.369 e. The van der Waals surface area contributed by atoms with Crippen molar-refractivity contribution in [3.05, 3.63) is 23.9 Å². The minimum atomic E-state index is -0.942. The molecule has 2 aromatic rings. The first-order valence-electron chi connectivity index (χ1n) is 6.15. The lowest BCUT2D eigenvalue weighted by Gasteiger charge is -2.20. The van der Waals surface area contributed by atoms with E-state index in [0.29, 0.717) is 11.5 Å².